The summed E-state index contributed by atoms with van der Waals surface area (Å²) in [6.45, 7) is 4.80. The molecule has 1 saturated heterocycles. The average molecular weight is 281 g/mol. The summed E-state index contributed by atoms with van der Waals surface area (Å²) < 4.78 is 8.40. The first-order valence-electron chi connectivity index (χ1n) is 6.99. The second-order valence-electron chi connectivity index (χ2n) is 4.88. The van der Waals surface area contributed by atoms with Gasteiger partial charge < -0.3 is 9.84 Å². The van der Waals surface area contributed by atoms with Crippen molar-refractivity contribution in [3.8, 4) is 0 Å². The zero-order chi connectivity index (χ0) is 13.6. The summed E-state index contributed by atoms with van der Waals surface area (Å²) in [7, 11) is 0. The minimum absolute atomic E-state index is 0.0449. The fourth-order valence-electron chi connectivity index (χ4n) is 2.37. The molecular weight excluding hydrogens is 258 g/mol. The lowest BCUT2D eigenvalue weighted by Gasteiger charge is -2.31. The highest BCUT2D eigenvalue weighted by atomic mass is 32.2. The molecule has 1 aromatic carbocycles. The predicted molar refractivity (Wildman–Crippen MR) is 80.1 cm³/mol. The molecular formula is C15H23NO2S. The van der Waals surface area contributed by atoms with Crippen LogP contribution in [-0.2, 0) is 10.3 Å². The molecule has 1 unspecified atom stereocenters. The molecule has 1 N–H and O–H groups in total. The molecule has 1 aliphatic heterocycles. The third-order valence-electron chi connectivity index (χ3n) is 3.52. The highest BCUT2D eigenvalue weighted by Crippen LogP contribution is 2.32. The largest absolute Gasteiger partial charge is 0.393 e. The molecule has 0 aromatic heterocycles. The smallest absolute Gasteiger partial charge is 0.117 e. The minimum Gasteiger partial charge on any atom is -0.393 e. The van der Waals surface area contributed by atoms with Crippen LogP contribution in [0.1, 0.15) is 25.3 Å². The lowest BCUT2D eigenvalue weighted by atomic mass is 9.91. The molecule has 0 radical (unpaired) electrons. The Labute approximate surface area is 120 Å². The van der Waals surface area contributed by atoms with E-state index in [-0.39, 0.29) is 6.61 Å². The van der Waals surface area contributed by atoms with Gasteiger partial charge in [-0.15, -0.1) is 0 Å². The van der Waals surface area contributed by atoms with Crippen LogP contribution in [0.15, 0.2) is 30.3 Å². The molecule has 0 spiro atoms. The standard InChI is InChI=1S/C15H23NO2S/c1-2-12-19-16-9-8-15(13-17,18-11-10-16)14-6-4-3-5-7-14/h3-7,17H,2,8-13H2,1H3. The van der Waals surface area contributed by atoms with Crippen molar-refractivity contribution in [1.29, 1.82) is 0 Å². The highest BCUT2D eigenvalue weighted by Gasteiger charge is 2.35. The molecule has 1 heterocycles. The van der Waals surface area contributed by atoms with E-state index in [9.17, 15) is 5.11 Å². The zero-order valence-electron chi connectivity index (χ0n) is 11.5. The van der Waals surface area contributed by atoms with Gasteiger partial charge in [0.05, 0.1) is 13.2 Å². The van der Waals surface area contributed by atoms with Gasteiger partial charge in [-0.25, -0.2) is 4.31 Å². The molecule has 0 aliphatic carbocycles. The van der Waals surface area contributed by atoms with Gasteiger partial charge in [-0.1, -0.05) is 49.2 Å². The third kappa shape index (κ3) is 3.72. The number of hydrogen-bond donors (Lipinski definition) is 1. The molecule has 1 aromatic rings. The van der Waals surface area contributed by atoms with E-state index >= 15 is 0 Å². The van der Waals surface area contributed by atoms with E-state index in [0.29, 0.717) is 6.61 Å². The summed E-state index contributed by atoms with van der Waals surface area (Å²) >= 11 is 1.89. The van der Waals surface area contributed by atoms with E-state index in [1.807, 2.05) is 42.3 Å². The molecule has 1 atom stereocenters. The lowest BCUT2D eigenvalue weighted by Crippen LogP contribution is -2.34. The van der Waals surface area contributed by atoms with Crippen LogP contribution in [0.3, 0.4) is 0 Å². The van der Waals surface area contributed by atoms with Crippen LogP contribution in [-0.4, -0.2) is 41.5 Å². The summed E-state index contributed by atoms with van der Waals surface area (Å²) in [4.78, 5) is 0. The van der Waals surface area contributed by atoms with Crippen LogP contribution >= 0.6 is 11.9 Å². The summed E-state index contributed by atoms with van der Waals surface area (Å²) in [6.07, 6.45) is 2.02. The number of hydrogen-bond acceptors (Lipinski definition) is 4. The van der Waals surface area contributed by atoms with Crippen molar-refractivity contribution in [3.05, 3.63) is 35.9 Å². The summed E-state index contributed by atoms with van der Waals surface area (Å²) in [5.41, 5.74) is 0.558. The van der Waals surface area contributed by atoms with Crippen molar-refractivity contribution in [2.45, 2.75) is 25.4 Å². The third-order valence-corrected chi connectivity index (χ3v) is 4.84. The van der Waals surface area contributed by atoms with E-state index in [2.05, 4.69) is 11.2 Å². The maximum absolute atomic E-state index is 9.83. The first kappa shape index (κ1) is 14.9. The fraction of sp³-hybridized carbons (Fsp3) is 0.600. The second kappa shape index (κ2) is 7.29. The Bertz CT molecular complexity index is 374. The van der Waals surface area contributed by atoms with E-state index < -0.39 is 5.60 Å². The van der Waals surface area contributed by atoms with Gasteiger partial charge in [0.1, 0.15) is 5.60 Å². The Hall–Kier alpha value is -0.550. The molecule has 1 fully saturated rings. The van der Waals surface area contributed by atoms with Crippen LogP contribution < -0.4 is 0 Å². The lowest BCUT2D eigenvalue weighted by molar-refractivity contribution is -0.0791. The maximum atomic E-state index is 9.83. The van der Waals surface area contributed by atoms with E-state index in [1.165, 1.54) is 6.42 Å². The van der Waals surface area contributed by atoms with Gasteiger partial charge in [0.15, 0.2) is 0 Å². The minimum atomic E-state index is -0.525. The van der Waals surface area contributed by atoms with Crippen molar-refractivity contribution >= 4 is 11.9 Å². The number of aliphatic hydroxyl groups is 1. The normalized spacial score (nSPS) is 25.2. The molecule has 106 valence electrons. The molecule has 19 heavy (non-hydrogen) atoms. The van der Waals surface area contributed by atoms with Crippen molar-refractivity contribution in [2.24, 2.45) is 0 Å². The number of aliphatic hydroxyl groups excluding tert-OH is 1. The van der Waals surface area contributed by atoms with Gasteiger partial charge in [0, 0.05) is 18.8 Å². The van der Waals surface area contributed by atoms with Crippen molar-refractivity contribution in [2.75, 3.05) is 32.1 Å². The van der Waals surface area contributed by atoms with Gasteiger partial charge in [-0.3, -0.25) is 0 Å². The van der Waals surface area contributed by atoms with E-state index in [4.69, 9.17) is 4.74 Å². The van der Waals surface area contributed by atoms with Crippen molar-refractivity contribution < 1.29 is 9.84 Å². The topological polar surface area (TPSA) is 32.7 Å². The predicted octanol–water partition coefficient (Wildman–Crippen LogP) is 2.65. The summed E-state index contributed by atoms with van der Waals surface area (Å²) in [5.74, 6) is 1.15. The van der Waals surface area contributed by atoms with Gasteiger partial charge in [0.2, 0.25) is 0 Å². The van der Waals surface area contributed by atoms with Crippen LogP contribution in [0.4, 0.5) is 0 Å². The summed E-state index contributed by atoms with van der Waals surface area (Å²) in [5, 5.41) is 9.83. The average Bonchev–Trinajstić information content (AvgIpc) is 2.69. The Morgan fingerprint density at radius 2 is 2.11 bits per heavy atom. The van der Waals surface area contributed by atoms with E-state index in [0.717, 1.165) is 30.8 Å². The highest BCUT2D eigenvalue weighted by molar-refractivity contribution is 7.97. The Balaban J connectivity index is 2.06. The zero-order valence-corrected chi connectivity index (χ0v) is 12.4. The van der Waals surface area contributed by atoms with E-state index in [1.54, 1.807) is 0 Å². The summed E-state index contributed by atoms with van der Waals surface area (Å²) in [6, 6.07) is 10.1. The number of ether oxygens (including phenoxy) is 1. The Kier molecular flexibility index (Phi) is 5.70. The number of rotatable bonds is 5. The molecule has 0 bridgehead atoms. The molecule has 4 heteroatoms. The van der Waals surface area contributed by atoms with Gasteiger partial charge in [0.25, 0.3) is 0 Å². The first-order chi connectivity index (χ1) is 9.30. The maximum Gasteiger partial charge on any atom is 0.117 e. The molecule has 3 nitrogen and oxygen atoms in total. The van der Waals surface area contributed by atoms with Crippen LogP contribution in [0, 0.1) is 0 Å². The van der Waals surface area contributed by atoms with Crippen LogP contribution in [0.2, 0.25) is 0 Å². The molecule has 0 saturated carbocycles. The van der Waals surface area contributed by atoms with Gasteiger partial charge in [-0.2, -0.15) is 0 Å². The Morgan fingerprint density at radius 1 is 1.32 bits per heavy atom. The molecule has 2 rings (SSSR count). The molecule has 0 amide bonds. The monoisotopic (exact) mass is 281 g/mol. The quantitative estimate of drug-likeness (QED) is 0.841. The van der Waals surface area contributed by atoms with Crippen molar-refractivity contribution in [3.63, 3.8) is 0 Å². The van der Waals surface area contributed by atoms with Crippen molar-refractivity contribution in [1.82, 2.24) is 4.31 Å². The van der Waals surface area contributed by atoms with Crippen LogP contribution in [0.5, 0.6) is 0 Å². The SMILES string of the molecule is CCCSN1CCOC(CO)(c2ccccc2)CC1. The number of nitrogens with zero attached hydrogens (tertiary/aromatic N) is 1. The van der Waals surface area contributed by atoms with Crippen LogP contribution in [0.25, 0.3) is 0 Å². The number of benzene rings is 1. The first-order valence-corrected chi connectivity index (χ1v) is 7.93. The second-order valence-corrected chi connectivity index (χ2v) is 6.06. The molecule has 1 aliphatic rings. The van der Waals surface area contributed by atoms with Gasteiger partial charge in [-0.05, 0) is 18.4 Å². The Morgan fingerprint density at radius 3 is 2.79 bits per heavy atom. The fourth-order valence-corrected chi connectivity index (χ4v) is 3.23. The van der Waals surface area contributed by atoms with Gasteiger partial charge >= 0.3 is 0 Å².